The SMILES string of the molecule is COc1ccc(Cl)cc1CN1C(=O)c2ccc([N+](=O)[O-])cc2C1=O. The average Bonchev–Trinajstić information content (AvgIpc) is 2.79. The molecular weight excluding hydrogens is 336 g/mol. The molecule has 0 atom stereocenters. The van der Waals surface area contributed by atoms with Crippen molar-refractivity contribution in [2.75, 3.05) is 7.11 Å². The maximum atomic E-state index is 12.5. The summed E-state index contributed by atoms with van der Waals surface area (Å²) in [5.41, 5.74) is 0.493. The van der Waals surface area contributed by atoms with Crippen molar-refractivity contribution in [2.24, 2.45) is 0 Å². The van der Waals surface area contributed by atoms with Gasteiger partial charge in [0.05, 0.1) is 29.7 Å². The van der Waals surface area contributed by atoms with E-state index in [1.807, 2.05) is 0 Å². The summed E-state index contributed by atoms with van der Waals surface area (Å²) in [6, 6.07) is 8.49. The van der Waals surface area contributed by atoms with Gasteiger partial charge >= 0.3 is 0 Å². The van der Waals surface area contributed by atoms with E-state index in [9.17, 15) is 19.7 Å². The first-order chi connectivity index (χ1) is 11.4. The number of amides is 2. The monoisotopic (exact) mass is 346 g/mol. The summed E-state index contributed by atoms with van der Waals surface area (Å²) in [6.07, 6.45) is 0. The van der Waals surface area contributed by atoms with Gasteiger partial charge in [0.2, 0.25) is 0 Å². The molecule has 0 radical (unpaired) electrons. The number of hydrogen-bond donors (Lipinski definition) is 0. The molecule has 0 unspecified atom stereocenters. The van der Waals surface area contributed by atoms with Crippen LogP contribution < -0.4 is 4.74 Å². The topological polar surface area (TPSA) is 89.8 Å². The number of hydrogen-bond acceptors (Lipinski definition) is 5. The molecule has 1 aliphatic heterocycles. The lowest BCUT2D eigenvalue weighted by Gasteiger charge is -2.16. The number of fused-ring (bicyclic) bond motifs is 1. The molecule has 2 amide bonds. The van der Waals surface area contributed by atoms with E-state index in [4.69, 9.17) is 16.3 Å². The fourth-order valence-electron chi connectivity index (χ4n) is 2.58. The van der Waals surface area contributed by atoms with Gasteiger partial charge in [-0.3, -0.25) is 24.6 Å². The average molecular weight is 347 g/mol. The molecular formula is C16H11ClN2O5. The number of nitro groups is 1. The van der Waals surface area contributed by atoms with Crippen molar-refractivity contribution in [2.45, 2.75) is 6.54 Å². The van der Waals surface area contributed by atoms with E-state index in [2.05, 4.69) is 0 Å². The molecule has 0 bridgehead atoms. The van der Waals surface area contributed by atoms with Crippen LogP contribution in [0.25, 0.3) is 0 Å². The Morgan fingerprint density at radius 3 is 2.50 bits per heavy atom. The molecule has 0 saturated carbocycles. The Balaban J connectivity index is 1.97. The van der Waals surface area contributed by atoms with Crippen LogP contribution >= 0.6 is 11.6 Å². The van der Waals surface area contributed by atoms with E-state index < -0.39 is 16.7 Å². The predicted molar refractivity (Wildman–Crippen MR) is 85.3 cm³/mol. The quantitative estimate of drug-likeness (QED) is 0.482. The third-order valence-corrected chi connectivity index (χ3v) is 3.97. The number of ether oxygens (including phenoxy) is 1. The maximum Gasteiger partial charge on any atom is 0.270 e. The second kappa shape index (κ2) is 5.93. The Hall–Kier alpha value is -2.93. The molecule has 24 heavy (non-hydrogen) atoms. The van der Waals surface area contributed by atoms with Gasteiger partial charge in [0, 0.05) is 22.7 Å². The number of nitro benzene ring substituents is 1. The van der Waals surface area contributed by atoms with Crippen LogP contribution in [0.4, 0.5) is 5.69 Å². The summed E-state index contributed by atoms with van der Waals surface area (Å²) >= 11 is 5.96. The van der Waals surface area contributed by atoms with E-state index in [-0.39, 0.29) is 23.4 Å². The number of rotatable bonds is 4. The molecule has 0 fully saturated rings. The smallest absolute Gasteiger partial charge is 0.270 e. The highest BCUT2D eigenvalue weighted by Crippen LogP contribution is 2.30. The number of carbonyl (C=O) groups is 2. The third-order valence-electron chi connectivity index (χ3n) is 3.74. The lowest BCUT2D eigenvalue weighted by atomic mass is 10.1. The molecule has 1 aliphatic rings. The van der Waals surface area contributed by atoms with Gasteiger partial charge in [0.15, 0.2) is 0 Å². The van der Waals surface area contributed by atoms with Crippen LogP contribution in [0.3, 0.4) is 0 Å². The van der Waals surface area contributed by atoms with E-state index in [1.165, 1.54) is 19.2 Å². The number of nitrogens with zero attached hydrogens (tertiary/aromatic N) is 2. The summed E-state index contributed by atoms with van der Waals surface area (Å²) < 4.78 is 5.21. The van der Waals surface area contributed by atoms with Gasteiger partial charge < -0.3 is 4.74 Å². The molecule has 8 heteroatoms. The van der Waals surface area contributed by atoms with Gasteiger partial charge in [-0.2, -0.15) is 0 Å². The highest BCUT2D eigenvalue weighted by Gasteiger charge is 2.37. The van der Waals surface area contributed by atoms with Crippen molar-refractivity contribution < 1.29 is 19.2 Å². The maximum absolute atomic E-state index is 12.5. The van der Waals surface area contributed by atoms with E-state index >= 15 is 0 Å². The Morgan fingerprint density at radius 2 is 1.83 bits per heavy atom. The zero-order chi connectivity index (χ0) is 17.4. The second-order valence-electron chi connectivity index (χ2n) is 5.14. The fraction of sp³-hybridized carbons (Fsp3) is 0.125. The van der Waals surface area contributed by atoms with E-state index in [1.54, 1.807) is 18.2 Å². The van der Waals surface area contributed by atoms with Gasteiger partial charge in [-0.15, -0.1) is 0 Å². The highest BCUT2D eigenvalue weighted by atomic mass is 35.5. The fourth-order valence-corrected chi connectivity index (χ4v) is 2.77. The Morgan fingerprint density at radius 1 is 1.12 bits per heavy atom. The van der Waals surface area contributed by atoms with Crippen molar-refractivity contribution in [3.63, 3.8) is 0 Å². The van der Waals surface area contributed by atoms with Crippen molar-refractivity contribution in [3.05, 3.63) is 68.2 Å². The minimum absolute atomic E-state index is 0.0233. The minimum atomic E-state index is -0.610. The van der Waals surface area contributed by atoms with Crippen molar-refractivity contribution in [3.8, 4) is 5.75 Å². The normalized spacial score (nSPS) is 13.2. The number of methoxy groups -OCH3 is 1. The molecule has 122 valence electrons. The summed E-state index contributed by atoms with van der Waals surface area (Å²) in [5.74, 6) is -0.602. The summed E-state index contributed by atoms with van der Waals surface area (Å²) in [4.78, 5) is 36.2. The van der Waals surface area contributed by atoms with Gasteiger partial charge in [-0.1, -0.05) is 11.6 Å². The first-order valence-corrected chi connectivity index (χ1v) is 7.27. The van der Waals surface area contributed by atoms with Crippen LogP contribution in [0.2, 0.25) is 5.02 Å². The van der Waals surface area contributed by atoms with E-state index in [0.29, 0.717) is 16.3 Å². The van der Waals surface area contributed by atoms with Crippen molar-refractivity contribution in [1.82, 2.24) is 4.90 Å². The lowest BCUT2D eigenvalue weighted by Crippen LogP contribution is -2.29. The standard InChI is InChI=1S/C16H11ClN2O5/c1-24-14-5-2-10(17)6-9(14)8-18-15(20)12-4-3-11(19(22)23)7-13(12)16(18)21/h2-7H,8H2,1H3. The van der Waals surface area contributed by atoms with Crippen LogP contribution in [0.1, 0.15) is 26.3 Å². The van der Waals surface area contributed by atoms with Crippen LogP contribution in [0, 0.1) is 10.1 Å². The third kappa shape index (κ3) is 2.59. The van der Waals surface area contributed by atoms with Crippen LogP contribution in [-0.2, 0) is 6.54 Å². The number of halogens is 1. The number of non-ortho nitro benzene ring substituents is 1. The number of imide groups is 1. The Kier molecular flexibility index (Phi) is 3.94. The Bertz CT molecular complexity index is 881. The summed E-state index contributed by atoms with van der Waals surface area (Å²) in [6.45, 7) is -0.0378. The summed E-state index contributed by atoms with van der Waals surface area (Å²) in [5, 5.41) is 11.3. The van der Waals surface area contributed by atoms with Crippen molar-refractivity contribution >= 4 is 29.1 Å². The highest BCUT2D eigenvalue weighted by molar-refractivity contribution is 6.30. The molecule has 0 spiro atoms. The van der Waals surface area contributed by atoms with Gasteiger partial charge in [0.1, 0.15) is 5.75 Å². The lowest BCUT2D eigenvalue weighted by molar-refractivity contribution is -0.384. The van der Waals surface area contributed by atoms with Crippen LogP contribution in [0.5, 0.6) is 5.75 Å². The van der Waals surface area contributed by atoms with Gasteiger partial charge in [-0.05, 0) is 24.3 Å². The second-order valence-corrected chi connectivity index (χ2v) is 5.58. The predicted octanol–water partition coefficient (Wildman–Crippen LogP) is 3.05. The molecule has 2 aromatic rings. The van der Waals surface area contributed by atoms with E-state index in [0.717, 1.165) is 11.0 Å². The van der Waals surface area contributed by atoms with Gasteiger partial charge in [0.25, 0.3) is 17.5 Å². The molecule has 3 rings (SSSR count). The molecule has 0 aliphatic carbocycles. The summed E-state index contributed by atoms with van der Waals surface area (Å²) in [7, 11) is 1.47. The first-order valence-electron chi connectivity index (χ1n) is 6.89. The molecule has 0 aromatic heterocycles. The zero-order valence-electron chi connectivity index (χ0n) is 12.5. The van der Waals surface area contributed by atoms with Crippen molar-refractivity contribution in [1.29, 1.82) is 0 Å². The van der Waals surface area contributed by atoms with Gasteiger partial charge in [-0.25, -0.2) is 0 Å². The van der Waals surface area contributed by atoms with Crippen LogP contribution in [-0.4, -0.2) is 28.7 Å². The minimum Gasteiger partial charge on any atom is -0.496 e. The zero-order valence-corrected chi connectivity index (χ0v) is 13.2. The number of carbonyl (C=O) groups excluding carboxylic acids is 2. The first kappa shape index (κ1) is 15.9. The molecule has 2 aromatic carbocycles. The van der Waals surface area contributed by atoms with Crippen LogP contribution in [0.15, 0.2) is 36.4 Å². The molecule has 0 saturated heterocycles. The Labute approximate surface area is 141 Å². The largest absolute Gasteiger partial charge is 0.496 e. The molecule has 1 heterocycles. The molecule has 0 N–H and O–H groups in total. The molecule has 7 nitrogen and oxygen atoms in total. The number of benzene rings is 2.